The lowest BCUT2D eigenvalue weighted by Gasteiger charge is -2.51. The summed E-state index contributed by atoms with van der Waals surface area (Å²) in [7, 11) is 0. The average Bonchev–Trinajstić information content (AvgIpc) is 2.84. The van der Waals surface area contributed by atoms with Gasteiger partial charge in [0.15, 0.2) is 0 Å². The zero-order valence-corrected chi connectivity index (χ0v) is 19.9. The van der Waals surface area contributed by atoms with Gasteiger partial charge in [-0.1, -0.05) is 18.2 Å². The van der Waals surface area contributed by atoms with Crippen LogP contribution in [-0.4, -0.2) is 41.3 Å². The van der Waals surface area contributed by atoms with Gasteiger partial charge in [0.25, 0.3) is 5.91 Å². The van der Waals surface area contributed by atoms with Crippen LogP contribution in [0.15, 0.2) is 54.7 Å². The number of halogens is 3. The summed E-state index contributed by atoms with van der Waals surface area (Å²) < 4.78 is 44.7. The second kappa shape index (κ2) is 8.90. The molecular weight excluding hydrogens is 471 g/mol. The van der Waals surface area contributed by atoms with Crippen LogP contribution in [0, 0.1) is 6.92 Å². The van der Waals surface area contributed by atoms with Gasteiger partial charge in [0, 0.05) is 41.7 Å². The SMILES string of the molecule is Cc1ccc(NC(=O)c2ccnc(C(F)(F)F)c2)cc1-c1ccc2c(c1)N1CCOC[C@]1(C)CC2O. The highest BCUT2D eigenvalue weighted by Crippen LogP contribution is 2.45. The van der Waals surface area contributed by atoms with Crippen molar-refractivity contribution in [1.29, 1.82) is 0 Å². The third kappa shape index (κ3) is 4.44. The smallest absolute Gasteiger partial charge is 0.388 e. The maximum absolute atomic E-state index is 13.0. The van der Waals surface area contributed by atoms with Crippen LogP contribution >= 0.6 is 0 Å². The molecule has 5 rings (SSSR count). The fourth-order valence-corrected chi connectivity index (χ4v) is 5.07. The fraction of sp³-hybridized carbons (Fsp3) is 0.333. The molecule has 0 bridgehead atoms. The highest BCUT2D eigenvalue weighted by molar-refractivity contribution is 6.04. The molecule has 1 saturated heterocycles. The molecule has 0 saturated carbocycles. The van der Waals surface area contributed by atoms with Crippen molar-refractivity contribution in [2.24, 2.45) is 0 Å². The summed E-state index contributed by atoms with van der Waals surface area (Å²) in [5, 5.41) is 13.5. The van der Waals surface area contributed by atoms with Gasteiger partial charge >= 0.3 is 6.18 Å². The zero-order chi connectivity index (χ0) is 25.7. The van der Waals surface area contributed by atoms with E-state index in [0.29, 0.717) is 25.3 Å². The Bertz CT molecular complexity index is 1330. The van der Waals surface area contributed by atoms with E-state index in [2.05, 4.69) is 22.1 Å². The Morgan fingerprint density at radius 3 is 2.78 bits per heavy atom. The molecule has 1 aromatic heterocycles. The number of alkyl halides is 3. The monoisotopic (exact) mass is 497 g/mol. The van der Waals surface area contributed by atoms with Crippen LogP contribution in [0.2, 0.25) is 0 Å². The highest BCUT2D eigenvalue weighted by atomic mass is 19.4. The molecule has 2 aromatic carbocycles. The molecule has 1 amide bonds. The summed E-state index contributed by atoms with van der Waals surface area (Å²) in [6, 6.07) is 13.3. The van der Waals surface area contributed by atoms with Gasteiger partial charge in [-0.25, -0.2) is 0 Å². The van der Waals surface area contributed by atoms with E-state index in [-0.39, 0.29) is 11.1 Å². The Hall–Kier alpha value is -3.43. The second-order valence-electron chi connectivity index (χ2n) is 9.61. The molecule has 0 spiro atoms. The molecule has 188 valence electrons. The number of nitrogens with one attached hydrogen (secondary N) is 1. The van der Waals surface area contributed by atoms with E-state index < -0.39 is 23.9 Å². The number of carbonyl (C=O) groups excluding carboxylic acids is 1. The predicted octanol–water partition coefficient (Wildman–Crippen LogP) is 5.36. The molecule has 0 radical (unpaired) electrons. The maximum atomic E-state index is 13.0. The first-order valence-corrected chi connectivity index (χ1v) is 11.7. The van der Waals surface area contributed by atoms with Gasteiger partial charge in [0.05, 0.1) is 24.9 Å². The number of morpholine rings is 1. The molecule has 0 aliphatic carbocycles. The van der Waals surface area contributed by atoms with Crippen molar-refractivity contribution >= 4 is 17.3 Å². The molecule has 3 heterocycles. The summed E-state index contributed by atoms with van der Waals surface area (Å²) >= 11 is 0. The third-order valence-corrected chi connectivity index (χ3v) is 6.96. The molecule has 2 atom stereocenters. The minimum atomic E-state index is -4.64. The third-order valence-electron chi connectivity index (χ3n) is 6.96. The first-order valence-electron chi connectivity index (χ1n) is 11.7. The number of aliphatic hydroxyl groups is 1. The Morgan fingerprint density at radius 1 is 1.19 bits per heavy atom. The van der Waals surface area contributed by atoms with Gasteiger partial charge < -0.3 is 20.1 Å². The van der Waals surface area contributed by atoms with Crippen LogP contribution in [0.3, 0.4) is 0 Å². The van der Waals surface area contributed by atoms with Gasteiger partial charge in [-0.3, -0.25) is 9.78 Å². The lowest BCUT2D eigenvalue weighted by Crippen LogP contribution is -2.58. The van der Waals surface area contributed by atoms with Crippen molar-refractivity contribution in [3.05, 3.63) is 77.1 Å². The normalized spacial score (nSPS) is 21.5. The number of benzene rings is 2. The summed E-state index contributed by atoms with van der Waals surface area (Å²) in [5.74, 6) is -0.657. The number of pyridine rings is 1. The first-order chi connectivity index (χ1) is 17.0. The summed E-state index contributed by atoms with van der Waals surface area (Å²) in [6.07, 6.45) is -3.67. The number of hydrogen-bond acceptors (Lipinski definition) is 5. The van der Waals surface area contributed by atoms with Crippen molar-refractivity contribution in [2.45, 2.75) is 38.1 Å². The number of anilines is 2. The van der Waals surface area contributed by atoms with Crippen LogP contribution < -0.4 is 10.2 Å². The van der Waals surface area contributed by atoms with Crippen LogP contribution in [0.1, 0.15) is 46.6 Å². The number of fused-ring (bicyclic) bond motifs is 3. The van der Waals surface area contributed by atoms with Crippen LogP contribution in [0.5, 0.6) is 0 Å². The lowest BCUT2D eigenvalue weighted by molar-refractivity contribution is -0.141. The van der Waals surface area contributed by atoms with Crippen LogP contribution in [0.25, 0.3) is 11.1 Å². The van der Waals surface area contributed by atoms with Gasteiger partial charge in [-0.05, 0) is 60.9 Å². The lowest BCUT2D eigenvalue weighted by atomic mass is 9.82. The van der Waals surface area contributed by atoms with E-state index in [1.165, 1.54) is 6.07 Å². The second-order valence-corrected chi connectivity index (χ2v) is 9.61. The van der Waals surface area contributed by atoms with Crippen molar-refractivity contribution in [3.63, 3.8) is 0 Å². The van der Waals surface area contributed by atoms with E-state index >= 15 is 0 Å². The predicted molar refractivity (Wildman–Crippen MR) is 130 cm³/mol. The molecule has 1 fully saturated rings. The van der Waals surface area contributed by atoms with Gasteiger partial charge in [-0.15, -0.1) is 0 Å². The number of nitrogens with zero attached hydrogens (tertiary/aromatic N) is 2. The molecular formula is C27H26F3N3O3. The molecule has 2 aliphatic heterocycles. The van der Waals surface area contributed by atoms with Gasteiger partial charge in [0.1, 0.15) is 5.69 Å². The number of rotatable bonds is 3. The number of amides is 1. The number of aryl methyl sites for hydroxylation is 1. The highest BCUT2D eigenvalue weighted by Gasteiger charge is 2.43. The van der Waals surface area contributed by atoms with E-state index in [4.69, 9.17) is 4.74 Å². The molecule has 3 aromatic rings. The number of aromatic nitrogens is 1. The number of aliphatic hydroxyl groups excluding tert-OH is 1. The standard InChI is InChI=1S/C27H26F3N3O3/c1-16-3-5-19(32-25(35)18-7-8-31-24(12-18)27(28,29)30)13-21(16)17-4-6-20-22(11-17)33-9-10-36-15-26(33,2)14-23(20)34/h3-8,11-13,23,34H,9-10,14-15H2,1-2H3,(H,32,35)/t23?,26-/m0/s1. The average molecular weight is 498 g/mol. The van der Waals surface area contributed by atoms with Gasteiger partial charge in [-0.2, -0.15) is 13.2 Å². The number of carbonyl (C=O) groups is 1. The van der Waals surface area contributed by atoms with Crippen LogP contribution in [0.4, 0.5) is 24.5 Å². The molecule has 2 aliphatic rings. The maximum Gasteiger partial charge on any atom is 0.433 e. The largest absolute Gasteiger partial charge is 0.433 e. The van der Waals surface area contributed by atoms with Gasteiger partial charge in [0.2, 0.25) is 0 Å². The minimum absolute atomic E-state index is 0.131. The van der Waals surface area contributed by atoms with E-state index in [1.807, 2.05) is 31.2 Å². The quantitative estimate of drug-likeness (QED) is 0.510. The fourth-order valence-electron chi connectivity index (χ4n) is 5.07. The van der Waals surface area contributed by atoms with E-state index in [9.17, 15) is 23.1 Å². The van der Waals surface area contributed by atoms with Crippen LogP contribution in [-0.2, 0) is 10.9 Å². The molecule has 36 heavy (non-hydrogen) atoms. The molecule has 2 N–H and O–H groups in total. The Morgan fingerprint density at radius 2 is 2.00 bits per heavy atom. The van der Waals surface area contributed by atoms with E-state index in [1.54, 1.807) is 12.1 Å². The Kier molecular flexibility index (Phi) is 6.00. The zero-order valence-electron chi connectivity index (χ0n) is 19.9. The van der Waals surface area contributed by atoms with Crippen molar-refractivity contribution in [1.82, 2.24) is 4.98 Å². The Labute approximate surface area is 206 Å². The van der Waals surface area contributed by atoms with Crippen molar-refractivity contribution < 1.29 is 27.8 Å². The molecule has 9 heteroatoms. The summed E-state index contributed by atoms with van der Waals surface area (Å²) in [5.41, 5.74) is 3.50. The topological polar surface area (TPSA) is 74.7 Å². The summed E-state index contributed by atoms with van der Waals surface area (Å²) in [6.45, 7) is 5.92. The molecule has 1 unspecified atom stereocenters. The Balaban J connectivity index is 1.46. The first kappa shape index (κ1) is 24.3. The number of ether oxygens (including phenoxy) is 1. The molecule has 6 nitrogen and oxygen atoms in total. The summed E-state index contributed by atoms with van der Waals surface area (Å²) in [4.78, 5) is 18.3. The van der Waals surface area contributed by atoms with E-state index in [0.717, 1.165) is 46.7 Å². The van der Waals surface area contributed by atoms with Crippen molar-refractivity contribution in [3.8, 4) is 11.1 Å². The number of hydrogen-bond donors (Lipinski definition) is 2. The minimum Gasteiger partial charge on any atom is -0.388 e. The van der Waals surface area contributed by atoms with Crippen molar-refractivity contribution in [2.75, 3.05) is 30.0 Å².